The summed E-state index contributed by atoms with van der Waals surface area (Å²) in [7, 11) is 0. The first-order valence-corrected chi connectivity index (χ1v) is 9.01. The van der Waals surface area contributed by atoms with Crippen molar-refractivity contribution >= 4 is 28.3 Å². The van der Waals surface area contributed by atoms with E-state index in [1.807, 2.05) is 12.1 Å². The maximum Gasteiger partial charge on any atom is 0.211 e. The third-order valence-electron chi connectivity index (χ3n) is 4.03. The van der Waals surface area contributed by atoms with Crippen molar-refractivity contribution in [1.82, 2.24) is 4.57 Å². The van der Waals surface area contributed by atoms with Crippen molar-refractivity contribution in [1.29, 1.82) is 0 Å². The highest BCUT2D eigenvalue weighted by molar-refractivity contribution is 7.07. The van der Waals surface area contributed by atoms with Crippen molar-refractivity contribution in [2.45, 2.75) is 13.5 Å². The Labute approximate surface area is 149 Å². The van der Waals surface area contributed by atoms with Gasteiger partial charge in [-0.1, -0.05) is 36.4 Å². The van der Waals surface area contributed by atoms with E-state index in [9.17, 15) is 0 Å². The lowest BCUT2D eigenvalue weighted by atomic mass is 10.1. The summed E-state index contributed by atoms with van der Waals surface area (Å²) in [5.41, 5.74) is 2.35. The molecule has 0 aliphatic rings. The minimum atomic E-state index is 0.693. The predicted octanol–water partition coefficient (Wildman–Crippen LogP) is 4.92. The smallest absolute Gasteiger partial charge is 0.211 e. The Bertz CT molecular complexity index is 1090. The van der Waals surface area contributed by atoms with Gasteiger partial charge >= 0.3 is 0 Å². The molecule has 4 nitrogen and oxygen atoms in total. The Balaban J connectivity index is 1.74. The van der Waals surface area contributed by atoms with E-state index in [1.165, 1.54) is 16.3 Å². The van der Waals surface area contributed by atoms with Crippen LogP contribution in [0.2, 0.25) is 0 Å². The van der Waals surface area contributed by atoms with Gasteiger partial charge in [-0.05, 0) is 41.5 Å². The van der Waals surface area contributed by atoms with E-state index in [0.717, 1.165) is 17.0 Å². The van der Waals surface area contributed by atoms with Gasteiger partial charge in [0.15, 0.2) is 0 Å². The van der Waals surface area contributed by atoms with Gasteiger partial charge in [0.25, 0.3) is 0 Å². The van der Waals surface area contributed by atoms with Crippen molar-refractivity contribution in [2.75, 3.05) is 0 Å². The number of thiazole rings is 1. The van der Waals surface area contributed by atoms with E-state index < -0.39 is 0 Å². The topological polar surface area (TPSA) is 42.8 Å². The number of benzene rings is 2. The maximum absolute atomic E-state index is 5.23. The zero-order valence-electron chi connectivity index (χ0n) is 13.8. The van der Waals surface area contributed by atoms with E-state index in [2.05, 4.69) is 69.5 Å². The van der Waals surface area contributed by atoms with Crippen LogP contribution in [0.3, 0.4) is 0 Å². The summed E-state index contributed by atoms with van der Waals surface area (Å²) in [5, 5.41) is 13.1. The monoisotopic (exact) mass is 347 g/mol. The molecule has 5 heteroatoms. The molecule has 0 saturated carbocycles. The molecule has 4 rings (SSSR count). The lowest BCUT2D eigenvalue weighted by Gasteiger charge is -2.07. The van der Waals surface area contributed by atoms with Crippen LogP contribution in [0.5, 0.6) is 0 Å². The van der Waals surface area contributed by atoms with E-state index in [1.54, 1.807) is 23.8 Å². The van der Waals surface area contributed by atoms with Crippen LogP contribution in [-0.4, -0.2) is 10.8 Å². The minimum Gasteiger partial charge on any atom is -0.463 e. The fraction of sp³-hybridized carbons (Fsp3) is 0.100. The van der Waals surface area contributed by atoms with Crippen molar-refractivity contribution in [3.63, 3.8) is 0 Å². The van der Waals surface area contributed by atoms with Crippen LogP contribution in [0.15, 0.2) is 80.9 Å². The highest BCUT2D eigenvalue weighted by Crippen LogP contribution is 2.25. The van der Waals surface area contributed by atoms with Crippen molar-refractivity contribution in [3.8, 4) is 11.3 Å². The molecule has 2 aromatic carbocycles. The number of rotatable bonds is 4. The van der Waals surface area contributed by atoms with Crippen LogP contribution < -0.4 is 4.80 Å². The lowest BCUT2D eigenvalue weighted by Crippen LogP contribution is -2.14. The molecule has 25 heavy (non-hydrogen) atoms. The molecular weight excluding hydrogens is 330 g/mol. The fourth-order valence-electron chi connectivity index (χ4n) is 2.79. The summed E-state index contributed by atoms with van der Waals surface area (Å²) < 4.78 is 7.41. The number of hydrogen-bond acceptors (Lipinski definition) is 4. The van der Waals surface area contributed by atoms with Crippen molar-refractivity contribution in [3.05, 3.63) is 76.8 Å². The van der Waals surface area contributed by atoms with E-state index >= 15 is 0 Å². The Morgan fingerprint density at radius 1 is 1.08 bits per heavy atom. The summed E-state index contributed by atoms with van der Waals surface area (Å²) in [6.07, 6.45) is 3.24. The molecule has 0 atom stereocenters. The van der Waals surface area contributed by atoms with Gasteiger partial charge in [0.2, 0.25) is 4.80 Å². The highest BCUT2D eigenvalue weighted by Gasteiger charge is 2.07. The van der Waals surface area contributed by atoms with Gasteiger partial charge in [-0.15, -0.1) is 16.4 Å². The molecule has 0 amide bonds. The van der Waals surface area contributed by atoms with Crippen LogP contribution in [0.4, 0.5) is 0 Å². The molecule has 0 bridgehead atoms. The summed E-state index contributed by atoms with van der Waals surface area (Å²) in [4.78, 5) is 0.869. The quantitative estimate of drug-likeness (QED) is 0.382. The normalized spacial score (nSPS) is 12.4. The summed E-state index contributed by atoms with van der Waals surface area (Å²) in [5.74, 6) is 0.693. The Morgan fingerprint density at radius 3 is 2.76 bits per heavy atom. The third kappa shape index (κ3) is 3.19. The summed E-state index contributed by atoms with van der Waals surface area (Å²) in [6.45, 7) is 2.95. The molecule has 124 valence electrons. The average Bonchev–Trinajstić information content (AvgIpc) is 3.31. The van der Waals surface area contributed by atoms with Gasteiger partial charge in [-0.2, -0.15) is 5.10 Å². The van der Waals surface area contributed by atoms with E-state index in [4.69, 9.17) is 4.42 Å². The zero-order valence-corrected chi connectivity index (χ0v) is 14.6. The maximum atomic E-state index is 5.23. The van der Waals surface area contributed by atoms with Crippen LogP contribution in [0.1, 0.15) is 12.7 Å². The first-order chi connectivity index (χ1) is 12.3. The number of nitrogens with zero attached hydrogens (tertiary/aromatic N) is 3. The standard InChI is InChI=1S/C20H17N3OS/c1-2-23-19(17-10-9-15-6-3-4-7-16(15)12-17)14-25-20(23)22-21-13-18-8-5-11-24-18/h3-14H,2H2,1H3/b21-13-,22-20-. The molecule has 0 radical (unpaired) electrons. The molecule has 0 saturated heterocycles. The van der Waals surface area contributed by atoms with Crippen molar-refractivity contribution < 1.29 is 4.42 Å². The van der Waals surface area contributed by atoms with E-state index in [0.29, 0.717) is 5.76 Å². The Kier molecular flexibility index (Phi) is 4.31. The minimum absolute atomic E-state index is 0.693. The van der Waals surface area contributed by atoms with Crippen LogP contribution in [0, 0.1) is 0 Å². The molecule has 0 aliphatic carbocycles. The summed E-state index contributed by atoms with van der Waals surface area (Å²) >= 11 is 1.59. The van der Waals surface area contributed by atoms with Gasteiger partial charge in [-0.3, -0.25) is 0 Å². The van der Waals surface area contributed by atoms with Gasteiger partial charge in [-0.25, -0.2) is 0 Å². The Hall–Kier alpha value is -2.92. The third-order valence-corrected chi connectivity index (χ3v) is 4.88. The molecule has 0 N–H and O–H groups in total. The van der Waals surface area contributed by atoms with Crippen LogP contribution in [0.25, 0.3) is 22.0 Å². The number of furan rings is 1. The van der Waals surface area contributed by atoms with Crippen molar-refractivity contribution in [2.24, 2.45) is 10.2 Å². The lowest BCUT2D eigenvalue weighted by molar-refractivity contribution is 0.560. The highest BCUT2D eigenvalue weighted by atomic mass is 32.1. The average molecular weight is 347 g/mol. The largest absolute Gasteiger partial charge is 0.463 e. The molecule has 0 unspecified atom stereocenters. The predicted molar refractivity (Wildman–Crippen MR) is 103 cm³/mol. The molecule has 0 aliphatic heterocycles. The first-order valence-electron chi connectivity index (χ1n) is 8.13. The summed E-state index contributed by atoms with van der Waals surface area (Å²) in [6, 6.07) is 18.6. The Morgan fingerprint density at radius 2 is 1.96 bits per heavy atom. The van der Waals surface area contributed by atoms with E-state index in [-0.39, 0.29) is 0 Å². The first kappa shape index (κ1) is 15.6. The number of aromatic nitrogens is 1. The second-order valence-corrected chi connectivity index (χ2v) is 6.41. The van der Waals surface area contributed by atoms with Crippen LogP contribution >= 0.6 is 11.3 Å². The fourth-order valence-corrected chi connectivity index (χ4v) is 3.72. The number of fused-ring (bicyclic) bond motifs is 1. The van der Waals surface area contributed by atoms with Gasteiger partial charge in [0, 0.05) is 11.9 Å². The van der Waals surface area contributed by atoms with Gasteiger partial charge in [0.05, 0.1) is 18.2 Å². The second kappa shape index (κ2) is 6.91. The molecule has 4 aromatic rings. The van der Waals surface area contributed by atoms with Crippen LogP contribution in [-0.2, 0) is 6.54 Å². The van der Waals surface area contributed by atoms with Gasteiger partial charge in [0.1, 0.15) is 5.76 Å². The molecule has 0 fully saturated rings. The number of hydrogen-bond donors (Lipinski definition) is 0. The second-order valence-electron chi connectivity index (χ2n) is 5.57. The molecule has 2 aromatic heterocycles. The molecule has 0 spiro atoms. The zero-order chi connectivity index (χ0) is 17.1. The van der Waals surface area contributed by atoms with Gasteiger partial charge < -0.3 is 8.98 Å². The molecule has 2 heterocycles. The SMILES string of the molecule is CCn1c(-c2ccc3ccccc3c2)cs/c1=N\N=C/c1ccco1. The molecular formula is C20H17N3OS.